The van der Waals surface area contributed by atoms with Crippen molar-refractivity contribution in [1.29, 1.82) is 0 Å². The van der Waals surface area contributed by atoms with Crippen LogP contribution < -0.4 is 0 Å². The molecule has 2 heterocycles. The first kappa shape index (κ1) is 35.3. The predicted octanol–water partition coefficient (Wildman–Crippen LogP) is 10.0. The van der Waals surface area contributed by atoms with Crippen LogP contribution in [0, 0.1) is 17.9 Å². The molecule has 0 saturated heterocycles. The van der Waals surface area contributed by atoms with Crippen molar-refractivity contribution in [3.05, 3.63) is 95.6 Å². The first-order valence-corrected chi connectivity index (χ1v) is 15.9. The van der Waals surface area contributed by atoms with Crippen molar-refractivity contribution in [2.75, 3.05) is 0 Å². The van der Waals surface area contributed by atoms with Crippen molar-refractivity contribution in [2.24, 2.45) is 11.8 Å². The number of aromatic nitrogens is 2. The second-order valence-corrected chi connectivity index (χ2v) is 12.6. The number of nitrogens with zero attached hydrogens (tertiary/aromatic N) is 2. The summed E-state index contributed by atoms with van der Waals surface area (Å²) in [6, 6.07) is 18.8. The summed E-state index contributed by atoms with van der Waals surface area (Å²) >= 11 is 0. The molecule has 4 nitrogen and oxygen atoms in total. The third-order valence-electron chi connectivity index (χ3n) is 8.81. The SMILES string of the molecule is CC(C)(C)c1cc(-c2nccc3c2CCc2cnccc2-3)[c-]c2ccccc12.CCC(CC)C(=O)/C=C(\O)C(CC)CC.[Ir]. The maximum atomic E-state index is 11.7. The Morgan fingerprint density at radius 1 is 0.932 bits per heavy atom. The van der Waals surface area contributed by atoms with Crippen LogP contribution in [0.5, 0.6) is 0 Å². The van der Waals surface area contributed by atoms with Gasteiger partial charge >= 0.3 is 0 Å². The van der Waals surface area contributed by atoms with Crippen molar-refractivity contribution >= 4 is 16.6 Å². The Labute approximate surface area is 277 Å². The van der Waals surface area contributed by atoms with E-state index in [-0.39, 0.29) is 48.9 Å². The number of carbonyl (C=O) groups excluding carboxylic acids is 1. The van der Waals surface area contributed by atoms with E-state index in [0.717, 1.165) is 55.2 Å². The molecule has 44 heavy (non-hydrogen) atoms. The zero-order chi connectivity index (χ0) is 31.1. The van der Waals surface area contributed by atoms with Gasteiger partial charge in [-0.25, -0.2) is 0 Å². The van der Waals surface area contributed by atoms with Crippen LogP contribution in [0.2, 0.25) is 0 Å². The minimum atomic E-state index is 0. The monoisotopic (exact) mass is 768 g/mol. The molecule has 235 valence electrons. The van der Waals surface area contributed by atoms with Gasteiger partial charge < -0.3 is 5.11 Å². The smallest absolute Gasteiger partial charge is 0.162 e. The van der Waals surface area contributed by atoms with Crippen LogP contribution >= 0.6 is 0 Å². The molecule has 4 aromatic rings. The standard InChI is InChI=1S/C26H23N2.C13H24O2.Ir/c1-26(2,3)24-15-19(14-17-6-4-5-7-21(17)24)25-23-9-8-18-16-27-12-10-20(18)22(23)11-13-28-25;1-5-10(6-2)12(14)9-13(15)11(7-3)8-4;/h4-7,10-13,15-16H,8-9H2,1-3H3;9-11,14H,5-8H2,1-4H3;/q-1;;/b;12-9-;. The molecule has 0 amide bonds. The van der Waals surface area contributed by atoms with Crippen molar-refractivity contribution in [2.45, 2.75) is 92.4 Å². The zero-order valence-corrected chi connectivity index (χ0v) is 29.7. The van der Waals surface area contributed by atoms with E-state index < -0.39 is 0 Å². The topological polar surface area (TPSA) is 63.1 Å². The molecule has 1 aliphatic rings. The van der Waals surface area contributed by atoms with Crippen LogP contribution in [0.4, 0.5) is 0 Å². The van der Waals surface area contributed by atoms with Crippen molar-refractivity contribution in [1.82, 2.24) is 9.97 Å². The molecule has 5 heteroatoms. The largest absolute Gasteiger partial charge is 0.512 e. The predicted molar refractivity (Wildman–Crippen MR) is 179 cm³/mol. The number of aliphatic hydroxyl groups excluding tert-OH is 1. The number of fused-ring (bicyclic) bond motifs is 4. The Kier molecular flexibility index (Phi) is 12.6. The quantitative estimate of drug-likeness (QED) is 0.110. The first-order chi connectivity index (χ1) is 20.6. The number of allylic oxidation sites excluding steroid dienone is 2. The zero-order valence-electron chi connectivity index (χ0n) is 27.3. The van der Waals surface area contributed by atoms with Gasteiger partial charge in [0.25, 0.3) is 0 Å². The summed E-state index contributed by atoms with van der Waals surface area (Å²) in [6.07, 6.45) is 12.7. The Hall–Kier alpha value is -3.14. The van der Waals surface area contributed by atoms with Crippen LogP contribution in [0.1, 0.15) is 90.8 Å². The molecule has 1 N–H and O–H groups in total. The van der Waals surface area contributed by atoms with Gasteiger partial charge in [-0.15, -0.1) is 29.1 Å². The van der Waals surface area contributed by atoms with Crippen molar-refractivity contribution < 1.29 is 30.0 Å². The molecule has 0 unspecified atom stereocenters. The number of rotatable bonds is 8. The van der Waals surface area contributed by atoms with Gasteiger partial charge in [-0.3, -0.25) is 14.8 Å². The summed E-state index contributed by atoms with van der Waals surface area (Å²) < 4.78 is 0. The van der Waals surface area contributed by atoms with Crippen LogP contribution in [0.15, 0.2) is 72.9 Å². The molecule has 0 bridgehead atoms. The fourth-order valence-corrected chi connectivity index (χ4v) is 6.14. The number of carbonyl (C=O) groups is 1. The summed E-state index contributed by atoms with van der Waals surface area (Å²) in [5.41, 5.74) is 8.78. The van der Waals surface area contributed by atoms with Gasteiger partial charge in [0.05, 0.1) is 5.76 Å². The molecular weight excluding hydrogens is 721 g/mol. The summed E-state index contributed by atoms with van der Waals surface area (Å²) in [4.78, 5) is 20.8. The minimum absolute atomic E-state index is 0. The summed E-state index contributed by atoms with van der Waals surface area (Å²) in [6.45, 7) is 14.9. The number of benzene rings is 2. The molecule has 1 aliphatic carbocycles. The van der Waals surface area contributed by atoms with Gasteiger partial charge in [0.15, 0.2) is 5.78 Å². The molecule has 0 spiro atoms. The number of ketones is 1. The van der Waals surface area contributed by atoms with Gasteiger partial charge in [-0.05, 0) is 78.3 Å². The van der Waals surface area contributed by atoms with E-state index in [4.69, 9.17) is 4.98 Å². The molecule has 0 aliphatic heterocycles. The van der Waals surface area contributed by atoms with Crippen molar-refractivity contribution in [3.63, 3.8) is 0 Å². The maximum absolute atomic E-state index is 11.7. The second-order valence-electron chi connectivity index (χ2n) is 12.6. The number of hydrogen-bond donors (Lipinski definition) is 1. The van der Waals surface area contributed by atoms with E-state index in [0.29, 0.717) is 0 Å². The second kappa shape index (κ2) is 15.7. The number of pyridine rings is 2. The van der Waals surface area contributed by atoms with Gasteiger partial charge in [-0.2, -0.15) is 0 Å². The minimum Gasteiger partial charge on any atom is -0.512 e. The average molecular weight is 768 g/mol. The van der Waals surface area contributed by atoms with E-state index in [1.165, 1.54) is 39.3 Å². The van der Waals surface area contributed by atoms with Crippen LogP contribution in [0.3, 0.4) is 0 Å². The van der Waals surface area contributed by atoms with Gasteiger partial charge in [0.1, 0.15) is 0 Å². The Morgan fingerprint density at radius 3 is 2.25 bits per heavy atom. The van der Waals surface area contributed by atoms with E-state index in [9.17, 15) is 9.90 Å². The fourth-order valence-electron chi connectivity index (χ4n) is 6.14. The molecule has 1 radical (unpaired) electrons. The number of hydrogen-bond acceptors (Lipinski definition) is 4. The van der Waals surface area contributed by atoms with E-state index >= 15 is 0 Å². The Bertz CT molecular complexity index is 1590. The van der Waals surface area contributed by atoms with E-state index in [1.54, 1.807) is 0 Å². The molecule has 0 atom stereocenters. The fraction of sp³-hybridized carbons (Fsp3) is 0.410. The van der Waals surface area contributed by atoms with Crippen LogP contribution in [-0.2, 0) is 43.2 Å². The first-order valence-electron chi connectivity index (χ1n) is 15.9. The number of aliphatic hydroxyl groups is 1. The Morgan fingerprint density at radius 2 is 1.59 bits per heavy atom. The average Bonchev–Trinajstić information content (AvgIpc) is 3.01. The third-order valence-corrected chi connectivity index (χ3v) is 8.81. The van der Waals surface area contributed by atoms with Crippen LogP contribution in [-0.4, -0.2) is 20.9 Å². The molecule has 0 saturated carbocycles. The summed E-state index contributed by atoms with van der Waals surface area (Å²) in [7, 11) is 0. The molecule has 2 aromatic carbocycles. The maximum Gasteiger partial charge on any atom is 0.162 e. The number of aryl methyl sites for hydroxylation is 1. The van der Waals surface area contributed by atoms with Gasteiger partial charge in [-0.1, -0.05) is 77.6 Å². The van der Waals surface area contributed by atoms with Gasteiger partial charge in [0, 0.05) is 62.3 Å². The van der Waals surface area contributed by atoms with E-state index in [1.807, 2.05) is 46.3 Å². The van der Waals surface area contributed by atoms with Crippen LogP contribution in [0.25, 0.3) is 33.2 Å². The molecular formula is C39H47IrN2O2-. The van der Waals surface area contributed by atoms with Crippen molar-refractivity contribution in [3.8, 4) is 22.4 Å². The van der Waals surface area contributed by atoms with E-state index in [2.05, 4.69) is 74.3 Å². The normalized spacial score (nSPS) is 12.7. The summed E-state index contributed by atoms with van der Waals surface area (Å²) in [5.74, 6) is 0.547. The Balaban J connectivity index is 0.000000286. The van der Waals surface area contributed by atoms with Gasteiger partial charge in [0.2, 0.25) is 0 Å². The third kappa shape index (κ3) is 7.92. The molecule has 0 fully saturated rings. The molecule has 2 aromatic heterocycles. The summed E-state index contributed by atoms with van der Waals surface area (Å²) in [5, 5.41) is 12.2. The molecule has 5 rings (SSSR count).